The quantitative estimate of drug-likeness (QED) is 0.373. The molecule has 0 amide bonds. The Morgan fingerprint density at radius 1 is 1.06 bits per heavy atom. The maximum Gasteiger partial charge on any atom is 0.119 e. The maximum absolute atomic E-state index is 6.41. The highest BCUT2D eigenvalue weighted by atomic mass is 35.5. The van der Waals surface area contributed by atoms with E-state index in [9.17, 15) is 0 Å². The molecule has 2 nitrogen and oxygen atoms in total. The van der Waals surface area contributed by atoms with Crippen LogP contribution in [0.1, 0.15) is 47.1 Å². The van der Waals surface area contributed by atoms with Crippen molar-refractivity contribution in [2.45, 2.75) is 53.3 Å². The molecule has 0 aliphatic carbocycles. The minimum absolute atomic E-state index is 0.0411. The Kier molecular flexibility index (Phi) is 9.44. The minimum Gasteiger partial charge on any atom is -0.492 e. The van der Waals surface area contributed by atoms with Crippen molar-refractivity contribution in [3.8, 4) is 17.6 Å². The fourth-order valence-corrected chi connectivity index (χ4v) is 5.06. The topological polar surface area (TPSA) is 12.5 Å². The normalized spacial score (nSPS) is 12.5. The Balaban J connectivity index is 1.97. The third-order valence-electron chi connectivity index (χ3n) is 4.70. The van der Waals surface area contributed by atoms with Crippen LogP contribution in [0.15, 0.2) is 60.7 Å². The van der Waals surface area contributed by atoms with E-state index in [-0.39, 0.29) is 10.6 Å². The monoisotopic (exact) mass is 453 g/mol. The van der Waals surface area contributed by atoms with Crippen molar-refractivity contribution in [3.05, 3.63) is 71.3 Å². The van der Waals surface area contributed by atoms with Gasteiger partial charge in [0.15, 0.2) is 0 Å². The van der Waals surface area contributed by atoms with Gasteiger partial charge in [-0.2, -0.15) is 0 Å². The van der Waals surface area contributed by atoms with Gasteiger partial charge in [-0.1, -0.05) is 65.9 Å². The molecule has 2 aromatic carbocycles. The lowest BCUT2D eigenvalue weighted by Crippen LogP contribution is -2.42. The summed E-state index contributed by atoms with van der Waals surface area (Å²) in [5.74, 6) is 7.32. The fourth-order valence-electron chi connectivity index (χ4n) is 3.24. The average molecular weight is 454 g/mol. The first-order chi connectivity index (χ1) is 14.6. The number of hydrogen-bond acceptors (Lipinski definition) is 2. The second-order valence-corrected chi connectivity index (χ2v) is 12.9. The molecule has 2 rings (SSSR count). The lowest BCUT2D eigenvalue weighted by Gasteiger charge is -2.27. The number of halogens is 1. The lowest BCUT2D eigenvalue weighted by atomic mass is 9.98. The highest BCUT2D eigenvalue weighted by molar-refractivity contribution is 6.56. The van der Waals surface area contributed by atoms with Crippen molar-refractivity contribution in [3.63, 3.8) is 0 Å². The molecule has 4 heteroatoms. The van der Waals surface area contributed by atoms with Crippen molar-refractivity contribution in [2.75, 3.05) is 13.1 Å². The fraction of sp³-hybridized carbons (Fsp3) is 0.407. The number of rotatable bonds is 9. The third-order valence-corrected chi connectivity index (χ3v) is 6.83. The van der Waals surface area contributed by atoms with E-state index in [1.165, 1.54) is 10.8 Å². The Morgan fingerprint density at radius 3 is 2.42 bits per heavy atom. The van der Waals surface area contributed by atoms with E-state index in [1.54, 1.807) is 0 Å². The molecule has 31 heavy (non-hydrogen) atoms. The number of nitrogens with zero attached hydrogens (tertiary/aromatic N) is 1. The second-order valence-electron chi connectivity index (χ2n) is 9.56. The summed E-state index contributed by atoms with van der Waals surface area (Å²) in [5.41, 5.74) is 1.30. The summed E-state index contributed by atoms with van der Waals surface area (Å²) in [6.07, 6.45) is 4.11. The van der Waals surface area contributed by atoms with Crippen molar-refractivity contribution in [2.24, 2.45) is 5.41 Å². The zero-order chi connectivity index (χ0) is 22.9. The molecule has 0 heterocycles. The van der Waals surface area contributed by atoms with Crippen LogP contribution in [-0.4, -0.2) is 32.7 Å². The van der Waals surface area contributed by atoms with Gasteiger partial charge in [0.25, 0.3) is 0 Å². The summed E-state index contributed by atoms with van der Waals surface area (Å²) in [6, 6.07) is 16.6. The molecule has 0 aromatic heterocycles. The van der Waals surface area contributed by atoms with Crippen LogP contribution in [-0.2, 0) is 6.54 Å². The molecule has 0 N–H and O–H groups in total. The van der Waals surface area contributed by atoms with Crippen LogP contribution in [0.4, 0.5) is 0 Å². The summed E-state index contributed by atoms with van der Waals surface area (Å²) in [5, 5.41) is 1.95. The SMILES string of the molecule is CCN(C/C=C/C#CC(C)(C)C)Cc1cccc(OC(C)(C)[SiH2]c2ccc(Cl)cc2)c1. The van der Waals surface area contributed by atoms with Gasteiger partial charge in [-0.25, -0.2) is 0 Å². The molecule has 0 radical (unpaired) electrons. The Morgan fingerprint density at radius 2 is 1.77 bits per heavy atom. The predicted octanol–water partition coefficient (Wildman–Crippen LogP) is 5.38. The molecule has 0 spiro atoms. The van der Waals surface area contributed by atoms with Crippen molar-refractivity contribution >= 4 is 26.3 Å². The van der Waals surface area contributed by atoms with Crippen LogP contribution in [0, 0.1) is 17.3 Å². The molecule has 0 saturated heterocycles. The molecule has 0 aliphatic rings. The van der Waals surface area contributed by atoms with Crippen molar-refractivity contribution < 1.29 is 4.74 Å². The third kappa shape index (κ3) is 10.2. The predicted molar refractivity (Wildman–Crippen MR) is 138 cm³/mol. The molecule has 0 aliphatic heterocycles. The van der Waals surface area contributed by atoms with Gasteiger partial charge in [-0.05, 0) is 77.1 Å². The van der Waals surface area contributed by atoms with Crippen molar-refractivity contribution in [1.29, 1.82) is 0 Å². The molecule has 0 bridgehead atoms. The summed E-state index contributed by atoms with van der Waals surface area (Å²) >= 11 is 6.02. The van der Waals surface area contributed by atoms with E-state index in [0.717, 1.165) is 30.4 Å². The van der Waals surface area contributed by atoms with Gasteiger partial charge in [0.1, 0.15) is 15.3 Å². The van der Waals surface area contributed by atoms with E-state index in [4.69, 9.17) is 16.3 Å². The molecule has 166 valence electrons. The zero-order valence-corrected chi connectivity index (χ0v) is 22.0. The smallest absolute Gasteiger partial charge is 0.119 e. The average Bonchev–Trinajstić information content (AvgIpc) is 2.67. The Bertz CT molecular complexity index is 917. The summed E-state index contributed by atoms with van der Waals surface area (Å²) < 4.78 is 6.41. The van der Waals surface area contributed by atoms with Crippen LogP contribution < -0.4 is 9.92 Å². The van der Waals surface area contributed by atoms with Crippen LogP contribution in [0.2, 0.25) is 5.02 Å². The number of likely N-dealkylation sites (N-methyl/N-ethyl adjacent to an activating group) is 1. The van der Waals surface area contributed by atoms with Gasteiger partial charge in [0.2, 0.25) is 0 Å². The minimum atomic E-state index is -0.622. The summed E-state index contributed by atoms with van der Waals surface area (Å²) in [6.45, 7) is 15.7. The van der Waals surface area contributed by atoms with E-state index in [1.807, 2.05) is 18.2 Å². The van der Waals surface area contributed by atoms with Crippen LogP contribution in [0.25, 0.3) is 0 Å². The number of allylic oxidation sites excluding steroid dienone is 1. The van der Waals surface area contributed by atoms with E-state index >= 15 is 0 Å². The first kappa shape index (κ1) is 25.3. The Labute approximate surface area is 196 Å². The number of benzene rings is 2. The first-order valence-electron chi connectivity index (χ1n) is 11.0. The highest BCUT2D eigenvalue weighted by Crippen LogP contribution is 2.20. The van der Waals surface area contributed by atoms with Gasteiger partial charge in [-0.15, -0.1) is 0 Å². The van der Waals surface area contributed by atoms with Gasteiger partial charge in [-0.3, -0.25) is 4.90 Å². The number of hydrogen-bond donors (Lipinski definition) is 0. The van der Waals surface area contributed by atoms with E-state index in [2.05, 4.69) is 101 Å². The van der Waals surface area contributed by atoms with Gasteiger partial charge < -0.3 is 4.74 Å². The largest absolute Gasteiger partial charge is 0.492 e. The highest BCUT2D eigenvalue weighted by Gasteiger charge is 2.21. The van der Waals surface area contributed by atoms with Crippen LogP contribution >= 0.6 is 11.6 Å². The van der Waals surface area contributed by atoms with Crippen LogP contribution in [0.5, 0.6) is 5.75 Å². The van der Waals surface area contributed by atoms with Gasteiger partial charge in [0, 0.05) is 23.5 Å². The van der Waals surface area contributed by atoms with E-state index < -0.39 is 9.52 Å². The molecule has 0 unspecified atom stereocenters. The first-order valence-corrected chi connectivity index (χ1v) is 12.8. The molecule has 0 saturated carbocycles. The number of ether oxygens (including phenoxy) is 1. The summed E-state index contributed by atoms with van der Waals surface area (Å²) in [4.78, 5) is 2.39. The zero-order valence-electron chi connectivity index (χ0n) is 19.8. The van der Waals surface area contributed by atoms with E-state index in [0.29, 0.717) is 0 Å². The second kappa shape index (κ2) is 11.6. The molecule has 0 atom stereocenters. The summed E-state index contributed by atoms with van der Waals surface area (Å²) in [7, 11) is -0.622. The van der Waals surface area contributed by atoms with Crippen LogP contribution in [0.3, 0.4) is 0 Å². The molecular formula is C27H36ClNOSi. The molecule has 0 fully saturated rings. The lowest BCUT2D eigenvalue weighted by molar-refractivity contribution is 0.195. The van der Waals surface area contributed by atoms with Gasteiger partial charge in [0.05, 0.1) is 5.22 Å². The van der Waals surface area contributed by atoms with Crippen molar-refractivity contribution in [1.82, 2.24) is 4.90 Å². The maximum atomic E-state index is 6.41. The van der Waals surface area contributed by atoms with Gasteiger partial charge >= 0.3 is 0 Å². The molecular weight excluding hydrogens is 418 g/mol. The molecule has 2 aromatic rings. The standard InChI is InChI=1S/C27H36ClNOSi/c1-7-29(19-10-8-9-18-26(2,3)4)21-22-12-11-13-24(20-22)30-27(5,6)31-25-16-14-23(28)15-17-25/h8,10-17,20H,7,19,21,31H2,1-6H3/b10-8+. The Hall–Kier alpha value is -1.99.